The van der Waals surface area contributed by atoms with Crippen molar-refractivity contribution in [1.29, 1.82) is 0 Å². The third kappa shape index (κ3) is 3.33. The number of carbonyl (C=O) groups excluding carboxylic acids is 1. The monoisotopic (exact) mass is 334 g/mol. The average molecular weight is 334 g/mol. The van der Waals surface area contributed by atoms with Gasteiger partial charge in [0.15, 0.2) is 0 Å². The Kier molecular flexibility index (Phi) is 4.67. The van der Waals surface area contributed by atoms with Gasteiger partial charge in [-0.25, -0.2) is 0 Å². The Labute approximate surface area is 119 Å². The maximum Gasteiger partial charge on any atom is 0.460 e. The number of rotatable bonds is 3. The standard InChI is InChI=1S/C12H9F7OS/c1-6-3-4-8(7(2)5-6)21-9(20)10(13,14)11(15,16)12(17,18)19/h3-5H,1-2H3. The van der Waals surface area contributed by atoms with Crippen molar-refractivity contribution in [3.63, 3.8) is 0 Å². The molecule has 0 radical (unpaired) electrons. The number of hydrogen-bond acceptors (Lipinski definition) is 2. The van der Waals surface area contributed by atoms with Crippen LogP contribution in [0, 0.1) is 13.8 Å². The summed E-state index contributed by atoms with van der Waals surface area (Å²) in [4.78, 5) is 11.1. The van der Waals surface area contributed by atoms with E-state index in [-0.39, 0.29) is 16.7 Å². The molecule has 0 fully saturated rings. The van der Waals surface area contributed by atoms with Gasteiger partial charge in [-0.1, -0.05) is 17.7 Å². The summed E-state index contributed by atoms with van der Waals surface area (Å²) in [5.74, 6) is -12.3. The van der Waals surface area contributed by atoms with Crippen molar-refractivity contribution in [2.75, 3.05) is 0 Å². The van der Waals surface area contributed by atoms with Gasteiger partial charge in [0.25, 0.3) is 5.12 Å². The zero-order valence-electron chi connectivity index (χ0n) is 10.7. The highest BCUT2D eigenvalue weighted by molar-refractivity contribution is 8.13. The largest absolute Gasteiger partial charge is 0.460 e. The molecule has 1 rings (SSSR count). The lowest BCUT2D eigenvalue weighted by molar-refractivity contribution is -0.341. The van der Waals surface area contributed by atoms with E-state index in [1.54, 1.807) is 6.92 Å². The summed E-state index contributed by atoms with van der Waals surface area (Å²) in [7, 11) is 0. The molecule has 9 heteroatoms. The Morgan fingerprint density at radius 2 is 1.52 bits per heavy atom. The van der Waals surface area contributed by atoms with Crippen LogP contribution >= 0.6 is 11.8 Å². The van der Waals surface area contributed by atoms with Crippen LogP contribution in [0.5, 0.6) is 0 Å². The van der Waals surface area contributed by atoms with E-state index in [1.807, 2.05) is 0 Å². The Morgan fingerprint density at radius 1 is 1.00 bits per heavy atom. The molecule has 0 atom stereocenters. The van der Waals surface area contributed by atoms with Gasteiger partial charge in [-0.05, 0) is 37.2 Å². The quantitative estimate of drug-likeness (QED) is 0.586. The Bertz CT molecular complexity index is 551. The van der Waals surface area contributed by atoms with Gasteiger partial charge >= 0.3 is 18.0 Å². The molecule has 0 saturated heterocycles. The number of carbonyl (C=O) groups is 1. The molecule has 0 unspecified atom stereocenters. The third-order valence-electron chi connectivity index (χ3n) is 2.54. The molecular formula is C12H9F7OS. The summed E-state index contributed by atoms with van der Waals surface area (Å²) >= 11 is -0.340. The molecule has 0 aliphatic carbocycles. The van der Waals surface area contributed by atoms with Gasteiger partial charge in [-0.15, -0.1) is 0 Å². The Hall–Kier alpha value is -1.25. The fourth-order valence-corrected chi connectivity index (χ4v) is 2.20. The maximum atomic E-state index is 13.1. The van der Waals surface area contributed by atoms with Crippen molar-refractivity contribution < 1.29 is 35.5 Å². The van der Waals surface area contributed by atoms with E-state index in [4.69, 9.17) is 0 Å². The van der Waals surface area contributed by atoms with Crippen molar-refractivity contribution in [2.45, 2.75) is 36.8 Å². The molecule has 0 bridgehead atoms. The van der Waals surface area contributed by atoms with Gasteiger partial charge < -0.3 is 0 Å². The molecule has 0 saturated carbocycles. The van der Waals surface area contributed by atoms with Crippen molar-refractivity contribution in [1.82, 2.24) is 0 Å². The normalized spacial score (nSPS) is 13.4. The van der Waals surface area contributed by atoms with E-state index in [2.05, 4.69) is 0 Å². The first kappa shape index (κ1) is 17.8. The molecule has 0 heterocycles. The summed E-state index contributed by atoms with van der Waals surface area (Å²) in [6.07, 6.45) is -6.52. The molecule has 1 nitrogen and oxygen atoms in total. The van der Waals surface area contributed by atoms with Crippen LogP contribution < -0.4 is 0 Å². The predicted molar refractivity (Wildman–Crippen MR) is 62.7 cm³/mol. The van der Waals surface area contributed by atoms with Crippen LogP contribution in [0.4, 0.5) is 30.7 Å². The lowest BCUT2D eigenvalue weighted by Crippen LogP contribution is -2.55. The molecule has 0 spiro atoms. The molecule has 0 N–H and O–H groups in total. The number of halogens is 7. The van der Waals surface area contributed by atoms with Crippen molar-refractivity contribution in [2.24, 2.45) is 0 Å². The third-order valence-corrected chi connectivity index (χ3v) is 3.66. The van der Waals surface area contributed by atoms with E-state index in [0.29, 0.717) is 5.56 Å². The van der Waals surface area contributed by atoms with Gasteiger partial charge in [0.05, 0.1) is 0 Å². The summed E-state index contributed by atoms with van der Waals surface area (Å²) < 4.78 is 87.6. The topological polar surface area (TPSA) is 17.1 Å². The molecule has 0 aliphatic rings. The molecule has 1 aromatic rings. The lowest BCUT2D eigenvalue weighted by atomic mass is 10.2. The zero-order valence-corrected chi connectivity index (χ0v) is 11.5. The van der Waals surface area contributed by atoms with Gasteiger partial charge in [-0.2, -0.15) is 30.7 Å². The molecule has 118 valence electrons. The lowest BCUT2D eigenvalue weighted by Gasteiger charge is -2.26. The fraction of sp³-hybridized carbons (Fsp3) is 0.417. The van der Waals surface area contributed by atoms with Crippen LogP contribution in [0.25, 0.3) is 0 Å². The van der Waals surface area contributed by atoms with E-state index < -0.39 is 23.1 Å². The molecule has 0 aliphatic heterocycles. The smallest absolute Gasteiger partial charge is 0.280 e. The van der Waals surface area contributed by atoms with Crippen molar-refractivity contribution >= 4 is 16.9 Å². The first-order valence-corrected chi connectivity index (χ1v) is 6.24. The summed E-state index contributed by atoms with van der Waals surface area (Å²) in [5.41, 5.74) is 1.04. The number of hydrogen-bond donors (Lipinski definition) is 0. The van der Waals surface area contributed by atoms with Crippen molar-refractivity contribution in [3.8, 4) is 0 Å². The zero-order chi connectivity index (χ0) is 16.6. The highest BCUT2D eigenvalue weighted by Gasteiger charge is 2.76. The van der Waals surface area contributed by atoms with Crippen LogP contribution in [0.1, 0.15) is 11.1 Å². The number of aryl methyl sites for hydroxylation is 2. The summed E-state index contributed by atoms with van der Waals surface area (Å²) in [6.45, 7) is 3.08. The minimum atomic E-state index is -6.52. The van der Waals surface area contributed by atoms with E-state index >= 15 is 0 Å². The average Bonchev–Trinajstić information content (AvgIpc) is 2.30. The van der Waals surface area contributed by atoms with Crippen LogP contribution in [0.2, 0.25) is 0 Å². The van der Waals surface area contributed by atoms with Crippen LogP contribution in [-0.4, -0.2) is 23.1 Å². The second kappa shape index (κ2) is 5.51. The summed E-state index contributed by atoms with van der Waals surface area (Å²) in [6, 6.07) is 4.10. The van der Waals surface area contributed by atoms with Crippen LogP contribution in [0.15, 0.2) is 23.1 Å². The van der Waals surface area contributed by atoms with E-state index in [0.717, 1.165) is 5.56 Å². The second-order valence-electron chi connectivity index (χ2n) is 4.31. The highest BCUT2D eigenvalue weighted by atomic mass is 32.2. The minimum Gasteiger partial charge on any atom is -0.280 e. The molecular weight excluding hydrogens is 325 g/mol. The van der Waals surface area contributed by atoms with E-state index in [9.17, 15) is 35.5 Å². The van der Waals surface area contributed by atoms with Crippen LogP contribution in [-0.2, 0) is 4.79 Å². The predicted octanol–water partition coefficient (Wildman–Crippen LogP) is 4.76. The van der Waals surface area contributed by atoms with Gasteiger partial charge in [-0.3, -0.25) is 4.79 Å². The SMILES string of the molecule is Cc1ccc(SC(=O)C(F)(F)C(F)(F)C(F)(F)F)c(C)c1. The fourth-order valence-electron chi connectivity index (χ4n) is 1.38. The highest BCUT2D eigenvalue weighted by Crippen LogP contribution is 2.49. The maximum absolute atomic E-state index is 13.1. The molecule has 0 aromatic heterocycles. The number of alkyl halides is 7. The molecule has 21 heavy (non-hydrogen) atoms. The molecule has 1 aromatic carbocycles. The van der Waals surface area contributed by atoms with Crippen LogP contribution in [0.3, 0.4) is 0 Å². The first-order chi connectivity index (χ1) is 9.30. The minimum absolute atomic E-state index is 0.108. The second-order valence-corrected chi connectivity index (χ2v) is 5.32. The Balaban J connectivity index is 3.07. The van der Waals surface area contributed by atoms with Gasteiger partial charge in [0.2, 0.25) is 0 Å². The van der Waals surface area contributed by atoms with E-state index in [1.165, 1.54) is 25.1 Å². The Morgan fingerprint density at radius 3 is 1.95 bits per heavy atom. The number of thioether (sulfide) groups is 1. The summed E-state index contributed by atoms with van der Waals surface area (Å²) in [5, 5.41) is -2.56. The molecule has 0 amide bonds. The number of benzene rings is 1. The van der Waals surface area contributed by atoms with Gasteiger partial charge in [0.1, 0.15) is 0 Å². The van der Waals surface area contributed by atoms with Crippen molar-refractivity contribution in [3.05, 3.63) is 29.3 Å². The first-order valence-electron chi connectivity index (χ1n) is 5.42. The van der Waals surface area contributed by atoms with Gasteiger partial charge in [0, 0.05) is 4.90 Å².